The molecule has 0 atom stereocenters. The molecule has 0 unspecified atom stereocenters. The van der Waals surface area contributed by atoms with Crippen LogP contribution in [0.4, 0.5) is 0 Å². The molecule has 0 spiro atoms. The second kappa shape index (κ2) is 12.7. The molecular formula is C52H39N5. The summed E-state index contributed by atoms with van der Waals surface area (Å²) in [7, 11) is 0. The monoisotopic (exact) mass is 733 g/mol. The van der Waals surface area contributed by atoms with Gasteiger partial charge in [0, 0.05) is 50.1 Å². The van der Waals surface area contributed by atoms with Crippen molar-refractivity contribution in [3.05, 3.63) is 182 Å². The van der Waals surface area contributed by atoms with Crippen molar-refractivity contribution in [2.45, 2.75) is 26.2 Å². The Morgan fingerprint density at radius 1 is 0.509 bits per heavy atom. The number of nitrogens with zero attached hydrogens (tertiary/aromatic N) is 4. The Morgan fingerprint density at radius 2 is 1.25 bits per heavy atom. The van der Waals surface area contributed by atoms with Gasteiger partial charge in [-0.15, -0.1) is 0 Å². The first kappa shape index (κ1) is 33.1. The van der Waals surface area contributed by atoms with Crippen molar-refractivity contribution in [1.82, 2.24) is 24.1 Å². The fourth-order valence-corrected chi connectivity index (χ4v) is 8.74. The minimum absolute atomic E-state index is 0.00891. The first-order chi connectivity index (χ1) is 27.9. The van der Waals surface area contributed by atoms with Crippen molar-refractivity contribution >= 4 is 54.6 Å². The van der Waals surface area contributed by atoms with Gasteiger partial charge in [0.15, 0.2) is 0 Å². The number of benzene rings is 7. The Bertz CT molecular complexity index is 3310. The third kappa shape index (κ3) is 5.23. The van der Waals surface area contributed by atoms with Crippen molar-refractivity contribution in [2.75, 3.05) is 0 Å². The Hall–Kier alpha value is -7.24. The topological polar surface area (TPSA) is 51.4 Å². The number of rotatable bonds is 5. The zero-order valence-corrected chi connectivity index (χ0v) is 32.0. The van der Waals surface area contributed by atoms with Crippen LogP contribution in [0.15, 0.2) is 176 Å². The van der Waals surface area contributed by atoms with Gasteiger partial charge in [-0.25, -0.2) is 9.97 Å². The van der Waals surface area contributed by atoms with Gasteiger partial charge in [-0.05, 0) is 88.3 Å². The lowest BCUT2D eigenvalue weighted by Gasteiger charge is -2.19. The molecule has 0 radical (unpaired) electrons. The normalized spacial score (nSPS) is 12.1. The number of H-pyrrole nitrogens is 1. The van der Waals surface area contributed by atoms with Gasteiger partial charge in [-0.3, -0.25) is 9.13 Å². The van der Waals surface area contributed by atoms with E-state index in [0.29, 0.717) is 0 Å². The van der Waals surface area contributed by atoms with Gasteiger partial charge in [0.2, 0.25) is 0 Å². The van der Waals surface area contributed by atoms with E-state index in [1.165, 1.54) is 38.2 Å². The van der Waals surface area contributed by atoms with E-state index < -0.39 is 0 Å². The third-order valence-electron chi connectivity index (χ3n) is 11.5. The van der Waals surface area contributed by atoms with Gasteiger partial charge in [0.1, 0.15) is 11.6 Å². The molecule has 0 aliphatic heterocycles. The van der Waals surface area contributed by atoms with Gasteiger partial charge in [-0.1, -0.05) is 130 Å². The van der Waals surface area contributed by atoms with E-state index in [1.807, 2.05) is 18.3 Å². The van der Waals surface area contributed by atoms with Gasteiger partial charge < -0.3 is 4.98 Å². The van der Waals surface area contributed by atoms with E-state index in [4.69, 9.17) is 9.97 Å². The number of hydrogen-bond acceptors (Lipinski definition) is 2. The average molecular weight is 734 g/mol. The molecule has 0 aliphatic carbocycles. The fraction of sp³-hybridized carbons (Fsp3) is 0.0769. The number of pyridine rings is 1. The summed E-state index contributed by atoms with van der Waals surface area (Å²) in [4.78, 5) is 14.3. The molecule has 7 aromatic carbocycles. The van der Waals surface area contributed by atoms with Crippen LogP contribution in [0.2, 0.25) is 0 Å². The van der Waals surface area contributed by atoms with E-state index in [9.17, 15) is 0 Å². The van der Waals surface area contributed by atoms with E-state index in [-0.39, 0.29) is 5.41 Å². The first-order valence-electron chi connectivity index (χ1n) is 19.6. The fourth-order valence-electron chi connectivity index (χ4n) is 8.74. The van der Waals surface area contributed by atoms with Crippen LogP contribution in [0.1, 0.15) is 26.3 Å². The van der Waals surface area contributed by atoms with E-state index in [1.54, 1.807) is 0 Å². The van der Waals surface area contributed by atoms with E-state index >= 15 is 0 Å². The first-order valence-corrected chi connectivity index (χ1v) is 19.6. The van der Waals surface area contributed by atoms with Crippen LogP contribution in [0.3, 0.4) is 0 Å². The zero-order valence-electron chi connectivity index (χ0n) is 32.0. The van der Waals surface area contributed by atoms with Crippen molar-refractivity contribution in [3.63, 3.8) is 0 Å². The standard InChI is InChI=1S/C52H39N5/c1-52(2,3)35-25-29-43-42(32-35)48-37(33-15-6-4-7-16-33)27-28-41(50(48)54-43)51-55-49-38(20-14-22-45(49)56(51)36-17-8-5-9-18-36)34-24-26-40-39-19-10-11-21-44(39)57(46(40)31-34)47-23-12-13-30-53-47/h4-32,54H,1-3H3. The van der Waals surface area contributed by atoms with Crippen molar-refractivity contribution in [2.24, 2.45) is 0 Å². The molecule has 5 nitrogen and oxygen atoms in total. The van der Waals surface area contributed by atoms with Crippen LogP contribution in [-0.2, 0) is 5.41 Å². The average Bonchev–Trinajstić information content (AvgIpc) is 3.93. The Labute approximate surface area is 330 Å². The summed E-state index contributed by atoms with van der Waals surface area (Å²) < 4.78 is 4.60. The quantitative estimate of drug-likeness (QED) is 0.191. The lowest BCUT2D eigenvalue weighted by Crippen LogP contribution is -2.10. The summed E-state index contributed by atoms with van der Waals surface area (Å²) in [5.74, 6) is 1.78. The summed E-state index contributed by atoms with van der Waals surface area (Å²) in [6, 6.07) is 60.8. The number of aromatic nitrogens is 5. The number of fused-ring (bicyclic) bond motifs is 7. The molecule has 0 saturated heterocycles. The summed E-state index contributed by atoms with van der Waals surface area (Å²) in [6.45, 7) is 6.84. The lowest BCUT2D eigenvalue weighted by molar-refractivity contribution is 0.591. The highest BCUT2D eigenvalue weighted by atomic mass is 15.1. The molecule has 4 aromatic heterocycles. The molecule has 5 heteroatoms. The number of hydrogen-bond donors (Lipinski definition) is 1. The molecule has 1 N–H and O–H groups in total. The SMILES string of the molecule is CC(C)(C)c1ccc2[nH]c3c(-c4nc5c(-c6ccc7c8ccccc8n(-c8ccccn8)c7c6)cccc5n4-c4ccccc4)ccc(-c4ccccc4)c3c2c1. The summed E-state index contributed by atoms with van der Waals surface area (Å²) in [5, 5.41) is 4.82. The van der Waals surface area contributed by atoms with Crippen LogP contribution in [-0.4, -0.2) is 24.1 Å². The predicted molar refractivity (Wildman–Crippen MR) is 238 cm³/mol. The highest BCUT2D eigenvalue weighted by Gasteiger charge is 2.24. The van der Waals surface area contributed by atoms with Gasteiger partial charge in [0.25, 0.3) is 0 Å². The largest absolute Gasteiger partial charge is 0.354 e. The molecule has 0 fully saturated rings. The van der Waals surface area contributed by atoms with Crippen molar-refractivity contribution in [1.29, 1.82) is 0 Å². The number of nitrogens with one attached hydrogen (secondary N) is 1. The maximum atomic E-state index is 5.64. The second-order valence-corrected chi connectivity index (χ2v) is 16.0. The highest BCUT2D eigenvalue weighted by Crippen LogP contribution is 2.43. The molecule has 272 valence electrons. The number of imidazole rings is 1. The summed E-state index contributed by atoms with van der Waals surface area (Å²) >= 11 is 0. The van der Waals surface area contributed by atoms with Gasteiger partial charge in [-0.2, -0.15) is 0 Å². The van der Waals surface area contributed by atoms with Crippen molar-refractivity contribution in [3.8, 4) is 45.1 Å². The molecule has 0 bridgehead atoms. The zero-order chi connectivity index (χ0) is 38.3. The van der Waals surface area contributed by atoms with Crippen LogP contribution in [0.5, 0.6) is 0 Å². The molecular weight excluding hydrogens is 695 g/mol. The maximum absolute atomic E-state index is 5.64. The molecule has 0 amide bonds. The maximum Gasteiger partial charge on any atom is 0.147 e. The summed E-state index contributed by atoms with van der Waals surface area (Å²) in [5.41, 5.74) is 14.4. The van der Waals surface area contributed by atoms with Gasteiger partial charge in [0.05, 0.1) is 27.6 Å². The van der Waals surface area contributed by atoms with E-state index in [0.717, 1.165) is 67.1 Å². The number of para-hydroxylation sites is 3. The Kier molecular flexibility index (Phi) is 7.35. The minimum Gasteiger partial charge on any atom is -0.354 e. The smallest absolute Gasteiger partial charge is 0.147 e. The van der Waals surface area contributed by atoms with Crippen molar-refractivity contribution < 1.29 is 0 Å². The Morgan fingerprint density at radius 3 is 2.05 bits per heavy atom. The van der Waals surface area contributed by atoms with Crippen LogP contribution >= 0.6 is 0 Å². The third-order valence-corrected chi connectivity index (χ3v) is 11.5. The molecule has 57 heavy (non-hydrogen) atoms. The van der Waals surface area contributed by atoms with Crippen LogP contribution in [0, 0.1) is 0 Å². The van der Waals surface area contributed by atoms with Crippen LogP contribution in [0.25, 0.3) is 99.8 Å². The predicted octanol–water partition coefficient (Wildman–Crippen LogP) is 13.5. The molecule has 11 aromatic rings. The highest BCUT2D eigenvalue weighted by molar-refractivity contribution is 6.18. The second-order valence-electron chi connectivity index (χ2n) is 16.0. The molecule has 11 rings (SSSR count). The molecule has 4 heterocycles. The lowest BCUT2D eigenvalue weighted by atomic mass is 9.86. The van der Waals surface area contributed by atoms with Gasteiger partial charge >= 0.3 is 0 Å². The summed E-state index contributed by atoms with van der Waals surface area (Å²) in [6.07, 6.45) is 1.86. The Balaban J connectivity index is 1.20. The van der Waals surface area contributed by atoms with Crippen LogP contribution < -0.4 is 0 Å². The van der Waals surface area contributed by atoms with E-state index in [2.05, 4.69) is 193 Å². The number of aromatic amines is 1. The minimum atomic E-state index is 0.00891. The molecule has 0 aliphatic rings. The molecule has 0 saturated carbocycles.